The quantitative estimate of drug-likeness (QED) is 0.225. The predicted octanol–water partition coefficient (Wildman–Crippen LogP) is 7.34. The molecule has 0 spiro atoms. The van der Waals surface area contributed by atoms with Crippen molar-refractivity contribution in [2.45, 2.75) is 58.3 Å². The minimum absolute atomic E-state index is 0.0282. The van der Waals surface area contributed by atoms with Crippen molar-refractivity contribution in [3.8, 4) is 5.75 Å². The van der Waals surface area contributed by atoms with Crippen LogP contribution in [-0.4, -0.2) is 46.0 Å². The summed E-state index contributed by atoms with van der Waals surface area (Å²) in [6.07, 6.45) is 2.00. The molecule has 1 aliphatic rings. The molecule has 9 nitrogen and oxygen atoms in total. The second-order valence-corrected chi connectivity index (χ2v) is 12.0. The Morgan fingerprint density at radius 3 is 2.61 bits per heavy atom. The number of nitrogens with one attached hydrogen (secondary N) is 2. The zero-order valence-corrected chi connectivity index (χ0v) is 25.5. The normalized spacial score (nSPS) is 14.8. The molecule has 5 rings (SSSR count). The summed E-state index contributed by atoms with van der Waals surface area (Å²) in [6.45, 7) is 6.42. The Hall–Kier alpha value is -4.57. The van der Waals surface area contributed by atoms with Gasteiger partial charge in [-0.1, -0.05) is 54.1 Å². The fourth-order valence-corrected chi connectivity index (χ4v) is 5.34. The maximum atomic E-state index is 14.3. The average molecular weight is 621 g/mol. The summed E-state index contributed by atoms with van der Waals surface area (Å²) in [5, 5.41) is 6.07. The molecule has 1 aliphatic heterocycles. The van der Waals surface area contributed by atoms with Crippen LogP contribution in [0.3, 0.4) is 0 Å². The van der Waals surface area contributed by atoms with Crippen LogP contribution in [0.1, 0.15) is 44.7 Å². The topological polar surface area (TPSA) is 104 Å². The van der Waals surface area contributed by atoms with E-state index in [9.17, 15) is 18.8 Å². The van der Waals surface area contributed by atoms with E-state index in [1.165, 1.54) is 23.3 Å². The van der Waals surface area contributed by atoms with Gasteiger partial charge in [0.05, 0.1) is 16.7 Å². The number of hydrogen-bond donors (Lipinski definition) is 2. The maximum absolute atomic E-state index is 14.3. The van der Waals surface area contributed by atoms with Gasteiger partial charge < -0.3 is 24.7 Å². The van der Waals surface area contributed by atoms with Crippen LogP contribution < -0.4 is 15.4 Å². The highest BCUT2D eigenvalue weighted by Crippen LogP contribution is 2.33. The number of likely N-dealkylation sites (tertiary alicyclic amines) is 1. The molecule has 1 saturated heterocycles. The van der Waals surface area contributed by atoms with Crippen LogP contribution >= 0.6 is 11.6 Å². The average Bonchev–Trinajstić information content (AvgIpc) is 3.67. The van der Waals surface area contributed by atoms with Crippen LogP contribution in [0.4, 0.5) is 19.7 Å². The highest BCUT2D eigenvalue weighted by atomic mass is 35.5. The van der Waals surface area contributed by atoms with Crippen molar-refractivity contribution >= 4 is 46.3 Å². The van der Waals surface area contributed by atoms with Crippen LogP contribution in [0.15, 0.2) is 77.4 Å². The van der Waals surface area contributed by atoms with Crippen LogP contribution in [-0.2, 0) is 17.9 Å². The number of amides is 4. The molecule has 4 aromatic rings. The van der Waals surface area contributed by atoms with Crippen molar-refractivity contribution in [2.75, 3.05) is 11.9 Å². The molecule has 11 heteroatoms. The number of nitrogens with zero attached hydrogens (tertiary/aromatic N) is 2. The largest absolute Gasteiger partial charge is 0.464 e. The summed E-state index contributed by atoms with van der Waals surface area (Å²) in [6, 6.07) is 17.8. The Labute approximate surface area is 259 Å². The maximum Gasteiger partial charge on any atom is 0.415 e. The first kappa shape index (κ1) is 30.9. The number of carbonyl (C=O) groups excluding carboxylic acids is 3. The van der Waals surface area contributed by atoms with E-state index in [0.717, 1.165) is 5.56 Å². The molecule has 0 bridgehead atoms. The number of rotatable bonds is 7. The summed E-state index contributed by atoms with van der Waals surface area (Å²) in [5.74, 6) is -0.766. The van der Waals surface area contributed by atoms with Gasteiger partial charge in [-0.3, -0.25) is 9.69 Å². The number of fused-ring (bicyclic) bond motifs is 1. The van der Waals surface area contributed by atoms with Crippen molar-refractivity contribution < 1.29 is 27.9 Å². The number of carbonyl (C=O) groups is 3. The Balaban J connectivity index is 1.30. The molecular formula is C33H34ClFN4O5. The Kier molecular flexibility index (Phi) is 9.10. The van der Waals surface area contributed by atoms with Gasteiger partial charge in [-0.25, -0.2) is 14.0 Å². The lowest BCUT2D eigenvalue weighted by atomic mass is 10.1. The number of ether oxygens (including phenoxy) is 1. The monoisotopic (exact) mass is 620 g/mol. The van der Waals surface area contributed by atoms with Gasteiger partial charge in [-0.2, -0.15) is 0 Å². The molecular weight excluding hydrogens is 587 g/mol. The minimum atomic E-state index is -0.736. The van der Waals surface area contributed by atoms with E-state index < -0.39 is 35.4 Å². The van der Waals surface area contributed by atoms with Crippen LogP contribution in [0, 0.1) is 5.82 Å². The first-order valence-corrected chi connectivity index (χ1v) is 14.7. The van der Waals surface area contributed by atoms with Gasteiger partial charge in [0, 0.05) is 48.6 Å². The number of furan rings is 1. The fourth-order valence-electron chi connectivity index (χ4n) is 5.15. The third-order valence-corrected chi connectivity index (χ3v) is 7.79. The molecule has 44 heavy (non-hydrogen) atoms. The first-order chi connectivity index (χ1) is 21.0. The Bertz CT molecular complexity index is 1670. The van der Waals surface area contributed by atoms with E-state index >= 15 is 0 Å². The van der Waals surface area contributed by atoms with Crippen molar-refractivity contribution in [3.63, 3.8) is 0 Å². The van der Waals surface area contributed by atoms with Crippen LogP contribution in [0.25, 0.3) is 11.0 Å². The van der Waals surface area contributed by atoms with Crippen molar-refractivity contribution in [1.82, 2.24) is 15.1 Å². The first-order valence-electron chi connectivity index (χ1n) is 14.3. The predicted molar refractivity (Wildman–Crippen MR) is 166 cm³/mol. The highest BCUT2D eigenvalue weighted by molar-refractivity contribution is 6.30. The van der Waals surface area contributed by atoms with E-state index in [4.69, 9.17) is 20.8 Å². The fraction of sp³-hybridized carbons (Fsp3) is 0.303. The lowest BCUT2D eigenvalue weighted by Crippen LogP contribution is -2.47. The summed E-state index contributed by atoms with van der Waals surface area (Å²) in [7, 11) is 0. The van der Waals surface area contributed by atoms with Crippen molar-refractivity contribution in [1.29, 1.82) is 0 Å². The standard InChI is InChI=1S/C33H34ClFN4O5/c1-33(2,3)39(20-21-9-5-4-6-10-21)32(42)44-28-18-23(17-27-24(28)14-16-43-27)37-31(41)38-15-8-13-26(38)30(40)36-19-22-11-7-12-25(34)29(22)35/h4-7,9-12,14,16-18,26H,8,13,15,19-20H2,1-3H3,(H,36,40)(H,37,41)/t26-/m0/s1. The van der Waals surface area contributed by atoms with E-state index in [-0.39, 0.29) is 22.9 Å². The van der Waals surface area contributed by atoms with Crippen molar-refractivity contribution in [2.24, 2.45) is 0 Å². The number of urea groups is 1. The number of benzene rings is 3. The summed E-state index contributed by atoms with van der Waals surface area (Å²) < 4.78 is 25.8. The van der Waals surface area contributed by atoms with Crippen molar-refractivity contribution in [3.05, 3.63) is 95.0 Å². The van der Waals surface area contributed by atoms with E-state index in [0.29, 0.717) is 42.6 Å². The van der Waals surface area contributed by atoms with Crippen LogP contribution in [0.5, 0.6) is 5.75 Å². The summed E-state index contributed by atoms with van der Waals surface area (Å²) >= 11 is 5.85. The number of hydrogen-bond acceptors (Lipinski definition) is 5. The van der Waals surface area contributed by atoms with E-state index in [1.54, 1.807) is 29.2 Å². The third kappa shape index (κ3) is 6.97. The minimum Gasteiger partial charge on any atom is -0.464 e. The Morgan fingerprint density at radius 2 is 1.86 bits per heavy atom. The smallest absolute Gasteiger partial charge is 0.415 e. The molecule has 3 aromatic carbocycles. The molecule has 2 heterocycles. The zero-order valence-electron chi connectivity index (χ0n) is 24.7. The molecule has 0 saturated carbocycles. The van der Waals surface area contributed by atoms with E-state index in [1.807, 2.05) is 51.1 Å². The lowest BCUT2D eigenvalue weighted by Gasteiger charge is -2.34. The van der Waals surface area contributed by atoms with Gasteiger partial charge in [0.2, 0.25) is 5.91 Å². The van der Waals surface area contributed by atoms with Gasteiger partial charge in [0.15, 0.2) is 0 Å². The van der Waals surface area contributed by atoms with E-state index in [2.05, 4.69) is 10.6 Å². The number of halogens is 2. The molecule has 0 radical (unpaired) electrons. The van der Waals surface area contributed by atoms with Gasteiger partial charge in [0.1, 0.15) is 23.2 Å². The molecule has 0 aliphatic carbocycles. The summed E-state index contributed by atoms with van der Waals surface area (Å²) in [4.78, 5) is 42.9. The second-order valence-electron chi connectivity index (χ2n) is 11.6. The zero-order chi connectivity index (χ0) is 31.4. The molecule has 1 fully saturated rings. The second kappa shape index (κ2) is 13.0. The lowest BCUT2D eigenvalue weighted by molar-refractivity contribution is -0.124. The molecule has 230 valence electrons. The van der Waals surface area contributed by atoms with Gasteiger partial charge in [-0.15, -0.1) is 0 Å². The molecule has 1 aromatic heterocycles. The molecule has 4 amide bonds. The molecule has 0 unspecified atom stereocenters. The van der Waals surface area contributed by atoms with Crippen LogP contribution in [0.2, 0.25) is 5.02 Å². The van der Waals surface area contributed by atoms with Gasteiger partial charge in [0.25, 0.3) is 0 Å². The van der Waals surface area contributed by atoms with Gasteiger partial charge in [-0.05, 0) is 51.3 Å². The summed E-state index contributed by atoms with van der Waals surface area (Å²) in [5.41, 5.74) is 1.41. The number of anilines is 1. The molecule has 1 atom stereocenters. The van der Waals surface area contributed by atoms with Gasteiger partial charge >= 0.3 is 12.1 Å². The third-order valence-electron chi connectivity index (χ3n) is 7.50. The Morgan fingerprint density at radius 1 is 1.09 bits per heavy atom. The molecule has 2 N–H and O–H groups in total. The SMILES string of the molecule is CC(C)(C)N(Cc1ccccc1)C(=O)Oc1cc(NC(=O)N2CCC[C@H]2C(=O)NCc2cccc(Cl)c2F)cc2occc12. The highest BCUT2D eigenvalue weighted by Gasteiger charge is 2.34.